The number of morpholine rings is 1. The van der Waals surface area contributed by atoms with Gasteiger partial charge < -0.3 is 14.8 Å². The molecule has 1 heterocycles. The number of nitrogens with one attached hydrogen (secondary N) is 1. The third kappa shape index (κ3) is 4.59. The van der Waals surface area contributed by atoms with Gasteiger partial charge in [-0.3, -0.25) is 4.79 Å². The maximum atomic E-state index is 14.0. The maximum Gasteiger partial charge on any atom is 0.251 e. The van der Waals surface area contributed by atoms with Crippen LogP contribution in [0.4, 0.5) is 4.39 Å². The smallest absolute Gasteiger partial charge is 0.251 e. The van der Waals surface area contributed by atoms with Crippen molar-refractivity contribution in [1.82, 2.24) is 9.62 Å². The molecule has 1 N–H and O–H groups in total. The zero-order chi connectivity index (χ0) is 21.7. The number of rotatable bonds is 6. The van der Waals surface area contributed by atoms with E-state index in [0.717, 1.165) is 6.07 Å². The van der Waals surface area contributed by atoms with Crippen LogP contribution in [0.3, 0.4) is 0 Å². The van der Waals surface area contributed by atoms with Crippen LogP contribution in [0.5, 0.6) is 5.75 Å². The lowest BCUT2D eigenvalue weighted by Gasteiger charge is -2.26. The Bertz CT molecular complexity index is 1090. The third-order valence-electron chi connectivity index (χ3n) is 4.64. The van der Waals surface area contributed by atoms with Crippen LogP contribution in [-0.4, -0.2) is 52.0 Å². The predicted octanol–water partition coefficient (Wildman–Crippen LogP) is 1.66. The Hall–Kier alpha value is -3.00. The number of nitriles is 1. The molecular formula is C20H20FN3O5S. The predicted molar refractivity (Wildman–Crippen MR) is 105 cm³/mol. The number of halogens is 1. The highest BCUT2D eigenvalue weighted by Gasteiger charge is 2.30. The molecule has 0 saturated carbocycles. The minimum absolute atomic E-state index is 0.0942. The zero-order valence-corrected chi connectivity index (χ0v) is 17.0. The van der Waals surface area contributed by atoms with E-state index in [1.807, 2.05) is 6.07 Å². The Labute approximate surface area is 173 Å². The molecule has 1 fully saturated rings. The number of carbonyl (C=O) groups is 1. The first-order chi connectivity index (χ1) is 14.4. The third-order valence-corrected chi connectivity index (χ3v) is 6.56. The lowest BCUT2D eigenvalue weighted by Crippen LogP contribution is -2.40. The van der Waals surface area contributed by atoms with E-state index >= 15 is 0 Å². The number of sulfonamides is 1. The summed E-state index contributed by atoms with van der Waals surface area (Å²) in [5, 5.41) is 11.4. The molecule has 1 amide bonds. The van der Waals surface area contributed by atoms with Crippen molar-refractivity contribution in [3.8, 4) is 11.8 Å². The Balaban J connectivity index is 1.82. The van der Waals surface area contributed by atoms with E-state index in [4.69, 9.17) is 14.7 Å². The van der Waals surface area contributed by atoms with Gasteiger partial charge in [-0.05, 0) is 30.3 Å². The Kier molecular flexibility index (Phi) is 6.66. The molecule has 0 unspecified atom stereocenters. The van der Waals surface area contributed by atoms with Crippen molar-refractivity contribution in [3.63, 3.8) is 0 Å². The van der Waals surface area contributed by atoms with Crippen molar-refractivity contribution < 1.29 is 27.1 Å². The van der Waals surface area contributed by atoms with Gasteiger partial charge in [0.05, 0.1) is 32.0 Å². The first-order valence-electron chi connectivity index (χ1n) is 9.09. The molecule has 2 aromatic carbocycles. The van der Waals surface area contributed by atoms with Crippen LogP contribution < -0.4 is 10.1 Å². The van der Waals surface area contributed by atoms with Gasteiger partial charge in [-0.2, -0.15) is 9.57 Å². The van der Waals surface area contributed by atoms with E-state index in [1.165, 1.54) is 41.7 Å². The Morgan fingerprint density at radius 3 is 2.63 bits per heavy atom. The second kappa shape index (κ2) is 9.21. The standard InChI is InChI=1S/C20H20FN3O5S/c1-28-18-5-4-15(11-19(18)30(26,27)24-6-8-29-9-7-24)20(25)23-13-16-3-2-14(12-22)10-17(16)21/h2-5,10-11H,6-9,13H2,1H3,(H,23,25). The quantitative estimate of drug-likeness (QED) is 0.742. The average molecular weight is 433 g/mol. The second-order valence-corrected chi connectivity index (χ2v) is 8.39. The van der Waals surface area contributed by atoms with E-state index in [0.29, 0.717) is 0 Å². The van der Waals surface area contributed by atoms with Gasteiger partial charge in [0.1, 0.15) is 16.5 Å². The van der Waals surface area contributed by atoms with Crippen molar-refractivity contribution in [2.75, 3.05) is 33.4 Å². The molecule has 1 aliphatic heterocycles. The maximum absolute atomic E-state index is 14.0. The molecule has 10 heteroatoms. The lowest BCUT2D eigenvalue weighted by molar-refractivity contribution is 0.0729. The SMILES string of the molecule is COc1ccc(C(=O)NCc2ccc(C#N)cc2F)cc1S(=O)(=O)N1CCOCC1. The summed E-state index contributed by atoms with van der Waals surface area (Å²) in [6, 6.07) is 9.87. The van der Waals surface area contributed by atoms with Gasteiger partial charge in [0.2, 0.25) is 10.0 Å². The number of ether oxygens (including phenoxy) is 2. The molecule has 30 heavy (non-hydrogen) atoms. The average Bonchev–Trinajstić information content (AvgIpc) is 2.78. The topological polar surface area (TPSA) is 109 Å². The molecule has 0 radical (unpaired) electrons. The summed E-state index contributed by atoms with van der Waals surface area (Å²) in [6.07, 6.45) is 0. The molecule has 0 atom stereocenters. The van der Waals surface area contributed by atoms with Gasteiger partial charge in [0.15, 0.2) is 0 Å². The van der Waals surface area contributed by atoms with Crippen LogP contribution in [0, 0.1) is 17.1 Å². The van der Waals surface area contributed by atoms with Crippen LogP contribution in [0.15, 0.2) is 41.3 Å². The van der Waals surface area contributed by atoms with E-state index in [1.54, 1.807) is 0 Å². The second-order valence-electron chi connectivity index (χ2n) is 6.48. The Morgan fingerprint density at radius 1 is 1.27 bits per heavy atom. The summed E-state index contributed by atoms with van der Waals surface area (Å²) in [5.74, 6) is -1.06. The van der Waals surface area contributed by atoms with Crippen LogP contribution >= 0.6 is 0 Å². The van der Waals surface area contributed by atoms with E-state index in [2.05, 4.69) is 5.32 Å². The highest BCUT2D eigenvalue weighted by Crippen LogP contribution is 2.28. The summed E-state index contributed by atoms with van der Waals surface area (Å²) in [6.45, 7) is 0.878. The number of amides is 1. The largest absolute Gasteiger partial charge is 0.495 e. The number of carbonyl (C=O) groups excluding carboxylic acids is 1. The van der Waals surface area contributed by atoms with Gasteiger partial charge in [-0.25, -0.2) is 12.8 Å². The molecule has 0 aromatic heterocycles. The summed E-state index contributed by atoms with van der Waals surface area (Å²) >= 11 is 0. The van der Waals surface area contributed by atoms with Crippen molar-refractivity contribution in [3.05, 3.63) is 58.9 Å². The van der Waals surface area contributed by atoms with Crippen LogP contribution in [0.1, 0.15) is 21.5 Å². The molecular weight excluding hydrogens is 413 g/mol. The molecule has 1 aliphatic rings. The fraction of sp³-hybridized carbons (Fsp3) is 0.300. The molecule has 0 spiro atoms. The van der Waals surface area contributed by atoms with Gasteiger partial charge in [-0.1, -0.05) is 6.07 Å². The lowest BCUT2D eigenvalue weighted by atomic mass is 10.1. The summed E-state index contributed by atoms with van der Waals surface area (Å²) in [5.41, 5.74) is 0.476. The fourth-order valence-corrected chi connectivity index (χ4v) is 4.57. The molecule has 8 nitrogen and oxygen atoms in total. The van der Waals surface area contributed by atoms with Gasteiger partial charge >= 0.3 is 0 Å². The number of methoxy groups -OCH3 is 1. The molecule has 1 saturated heterocycles. The van der Waals surface area contributed by atoms with Gasteiger partial charge in [0.25, 0.3) is 5.91 Å². The minimum atomic E-state index is -3.88. The van der Waals surface area contributed by atoms with Crippen LogP contribution in [0.25, 0.3) is 0 Å². The number of benzene rings is 2. The van der Waals surface area contributed by atoms with Gasteiger partial charge in [0, 0.05) is 30.8 Å². The molecule has 158 valence electrons. The zero-order valence-electron chi connectivity index (χ0n) is 16.2. The van der Waals surface area contributed by atoms with Crippen molar-refractivity contribution >= 4 is 15.9 Å². The van der Waals surface area contributed by atoms with Crippen molar-refractivity contribution in [2.45, 2.75) is 11.4 Å². The number of hydrogen-bond acceptors (Lipinski definition) is 6. The van der Waals surface area contributed by atoms with Crippen molar-refractivity contribution in [2.24, 2.45) is 0 Å². The van der Waals surface area contributed by atoms with Crippen LogP contribution in [0.2, 0.25) is 0 Å². The summed E-state index contributed by atoms with van der Waals surface area (Å²) in [4.78, 5) is 12.4. The fourth-order valence-electron chi connectivity index (χ4n) is 2.98. The monoisotopic (exact) mass is 433 g/mol. The summed E-state index contributed by atoms with van der Waals surface area (Å²) < 4.78 is 51.7. The highest BCUT2D eigenvalue weighted by atomic mass is 32.2. The van der Waals surface area contributed by atoms with Crippen LogP contribution in [-0.2, 0) is 21.3 Å². The van der Waals surface area contributed by atoms with Gasteiger partial charge in [-0.15, -0.1) is 0 Å². The molecule has 0 bridgehead atoms. The first kappa shape index (κ1) is 21.7. The molecule has 2 aromatic rings. The molecule has 3 rings (SSSR count). The van der Waals surface area contributed by atoms with E-state index in [-0.39, 0.29) is 60.2 Å². The normalized spacial score (nSPS) is 14.7. The summed E-state index contributed by atoms with van der Waals surface area (Å²) in [7, 11) is -2.54. The highest BCUT2D eigenvalue weighted by molar-refractivity contribution is 7.89. The number of hydrogen-bond donors (Lipinski definition) is 1. The number of nitrogens with zero attached hydrogens (tertiary/aromatic N) is 2. The van der Waals surface area contributed by atoms with Crippen molar-refractivity contribution in [1.29, 1.82) is 5.26 Å². The molecule has 0 aliphatic carbocycles. The van der Waals surface area contributed by atoms with E-state index in [9.17, 15) is 17.6 Å². The minimum Gasteiger partial charge on any atom is -0.495 e. The van der Waals surface area contributed by atoms with E-state index < -0.39 is 21.7 Å². The first-order valence-corrected chi connectivity index (χ1v) is 10.5. The Morgan fingerprint density at radius 2 is 2.00 bits per heavy atom.